The zero-order valence-electron chi connectivity index (χ0n) is 10.5. The van der Waals surface area contributed by atoms with Crippen molar-refractivity contribution in [2.75, 3.05) is 7.11 Å². The summed E-state index contributed by atoms with van der Waals surface area (Å²) in [5.41, 5.74) is 8.44. The van der Waals surface area contributed by atoms with Gasteiger partial charge in [0.1, 0.15) is 11.6 Å². The summed E-state index contributed by atoms with van der Waals surface area (Å²) in [6.45, 7) is 1.92. The van der Waals surface area contributed by atoms with Crippen molar-refractivity contribution in [1.82, 2.24) is 0 Å². The average molecular weight is 245 g/mol. The Bertz CT molecular complexity index is 554. The SMILES string of the molecule is COc1cccc(C(N)c2cc(C)ccc2F)c1. The van der Waals surface area contributed by atoms with Crippen LogP contribution in [0.3, 0.4) is 0 Å². The summed E-state index contributed by atoms with van der Waals surface area (Å²) in [5, 5.41) is 0. The number of nitrogens with two attached hydrogens (primary N) is 1. The van der Waals surface area contributed by atoms with Crippen LogP contribution in [0, 0.1) is 12.7 Å². The Morgan fingerprint density at radius 1 is 1.17 bits per heavy atom. The normalized spacial score (nSPS) is 12.2. The molecule has 2 aromatic rings. The number of hydrogen-bond acceptors (Lipinski definition) is 2. The monoisotopic (exact) mass is 245 g/mol. The molecule has 0 bridgehead atoms. The number of rotatable bonds is 3. The molecule has 2 nitrogen and oxygen atoms in total. The van der Waals surface area contributed by atoms with Gasteiger partial charge in [0.15, 0.2) is 0 Å². The maximum Gasteiger partial charge on any atom is 0.128 e. The van der Waals surface area contributed by atoms with Crippen LogP contribution >= 0.6 is 0 Å². The minimum Gasteiger partial charge on any atom is -0.497 e. The molecule has 2 rings (SSSR count). The first-order valence-corrected chi connectivity index (χ1v) is 5.77. The molecule has 1 unspecified atom stereocenters. The van der Waals surface area contributed by atoms with E-state index < -0.39 is 6.04 Å². The highest BCUT2D eigenvalue weighted by Gasteiger charge is 2.14. The number of benzene rings is 2. The standard InChI is InChI=1S/C15H16FNO/c1-10-6-7-14(16)13(8-10)15(17)11-4-3-5-12(9-11)18-2/h3-9,15H,17H2,1-2H3. The molecule has 0 saturated carbocycles. The van der Waals surface area contributed by atoms with Gasteiger partial charge in [-0.25, -0.2) is 4.39 Å². The molecule has 18 heavy (non-hydrogen) atoms. The van der Waals surface area contributed by atoms with E-state index >= 15 is 0 Å². The molecule has 0 heterocycles. The Hall–Kier alpha value is -1.87. The van der Waals surface area contributed by atoms with Crippen molar-refractivity contribution < 1.29 is 9.13 Å². The predicted molar refractivity (Wildman–Crippen MR) is 70.2 cm³/mol. The summed E-state index contributed by atoms with van der Waals surface area (Å²) in [7, 11) is 1.60. The van der Waals surface area contributed by atoms with Crippen LogP contribution in [0.15, 0.2) is 42.5 Å². The molecule has 0 fully saturated rings. The molecule has 2 aromatic carbocycles. The molecule has 0 aromatic heterocycles. The lowest BCUT2D eigenvalue weighted by atomic mass is 9.97. The van der Waals surface area contributed by atoms with Crippen molar-refractivity contribution in [3.8, 4) is 5.75 Å². The first kappa shape index (κ1) is 12.6. The van der Waals surface area contributed by atoms with Crippen LogP contribution in [-0.4, -0.2) is 7.11 Å². The maximum absolute atomic E-state index is 13.8. The molecule has 0 radical (unpaired) electrons. The average Bonchev–Trinajstić information content (AvgIpc) is 2.41. The molecule has 94 valence electrons. The summed E-state index contributed by atoms with van der Waals surface area (Å²) in [4.78, 5) is 0. The lowest BCUT2D eigenvalue weighted by Crippen LogP contribution is -2.13. The molecular formula is C15H16FNO. The molecule has 0 spiro atoms. The van der Waals surface area contributed by atoms with Crippen LogP contribution in [0.4, 0.5) is 4.39 Å². The number of halogens is 1. The van der Waals surface area contributed by atoms with Gasteiger partial charge in [0.05, 0.1) is 13.2 Å². The van der Waals surface area contributed by atoms with Crippen LogP contribution in [0.5, 0.6) is 5.75 Å². The second-order valence-corrected chi connectivity index (χ2v) is 4.28. The highest BCUT2D eigenvalue weighted by atomic mass is 19.1. The molecular weight excluding hydrogens is 229 g/mol. The Labute approximate surface area is 106 Å². The fourth-order valence-electron chi connectivity index (χ4n) is 1.92. The summed E-state index contributed by atoms with van der Waals surface area (Å²) < 4.78 is 18.9. The van der Waals surface area contributed by atoms with Crippen molar-refractivity contribution in [1.29, 1.82) is 0 Å². The van der Waals surface area contributed by atoms with Crippen LogP contribution in [0.25, 0.3) is 0 Å². The number of aryl methyl sites for hydroxylation is 1. The smallest absolute Gasteiger partial charge is 0.128 e. The van der Waals surface area contributed by atoms with Crippen molar-refractivity contribution in [3.05, 3.63) is 65.0 Å². The molecule has 2 N–H and O–H groups in total. The third kappa shape index (κ3) is 2.51. The maximum atomic E-state index is 13.8. The van der Waals surface area contributed by atoms with Gasteiger partial charge in [0, 0.05) is 5.56 Å². The largest absolute Gasteiger partial charge is 0.497 e. The van der Waals surface area contributed by atoms with Gasteiger partial charge in [-0.05, 0) is 30.7 Å². The second-order valence-electron chi connectivity index (χ2n) is 4.28. The zero-order chi connectivity index (χ0) is 13.1. The minimum atomic E-state index is -0.486. The van der Waals surface area contributed by atoms with E-state index in [4.69, 9.17) is 10.5 Å². The van der Waals surface area contributed by atoms with E-state index in [2.05, 4.69) is 0 Å². The summed E-state index contributed by atoms with van der Waals surface area (Å²) in [6, 6.07) is 11.9. The molecule has 0 aliphatic carbocycles. The van der Waals surface area contributed by atoms with E-state index in [0.29, 0.717) is 5.56 Å². The Kier molecular flexibility index (Phi) is 3.63. The van der Waals surface area contributed by atoms with Gasteiger partial charge in [-0.15, -0.1) is 0 Å². The van der Waals surface area contributed by atoms with Crippen molar-refractivity contribution in [3.63, 3.8) is 0 Å². The fourth-order valence-corrected chi connectivity index (χ4v) is 1.92. The molecule has 1 atom stereocenters. The van der Waals surface area contributed by atoms with E-state index in [0.717, 1.165) is 16.9 Å². The fraction of sp³-hybridized carbons (Fsp3) is 0.200. The van der Waals surface area contributed by atoms with Gasteiger partial charge in [-0.1, -0.05) is 29.8 Å². The van der Waals surface area contributed by atoms with Gasteiger partial charge >= 0.3 is 0 Å². The first-order chi connectivity index (χ1) is 8.61. The van der Waals surface area contributed by atoms with Crippen LogP contribution in [0.1, 0.15) is 22.7 Å². The summed E-state index contributed by atoms with van der Waals surface area (Å²) in [5.74, 6) is 0.437. The van der Waals surface area contributed by atoms with E-state index in [1.165, 1.54) is 6.07 Å². The van der Waals surface area contributed by atoms with Crippen LogP contribution < -0.4 is 10.5 Å². The quantitative estimate of drug-likeness (QED) is 0.901. The lowest BCUT2D eigenvalue weighted by molar-refractivity contribution is 0.414. The Morgan fingerprint density at radius 2 is 1.94 bits per heavy atom. The number of ether oxygens (including phenoxy) is 1. The lowest BCUT2D eigenvalue weighted by Gasteiger charge is -2.15. The Balaban J connectivity index is 2.40. The molecule has 0 saturated heterocycles. The molecule has 0 aliphatic rings. The van der Waals surface area contributed by atoms with E-state index in [1.54, 1.807) is 19.2 Å². The predicted octanol–water partition coefficient (Wildman–Crippen LogP) is 3.19. The van der Waals surface area contributed by atoms with Gasteiger partial charge in [-0.2, -0.15) is 0 Å². The summed E-state index contributed by atoms with van der Waals surface area (Å²) in [6.07, 6.45) is 0. The minimum absolute atomic E-state index is 0.282. The van der Waals surface area contributed by atoms with Gasteiger partial charge in [0.2, 0.25) is 0 Å². The van der Waals surface area contributed by atoms with E-state index in [1.807, 2.05) is 31.2 Å². The van der Waals surface area contributed by atoms with Crippen LogP contribution in [-0.2, 0) is 0 Å². The zero-order valence-corrected chi connectivity index (χ0v) is 10.5. The number of hydrogen-bond donors (Lipinski definition) is 1. The second kappa shape index (κ2) is 5.19. The highest BCUT2D eigenvalue weighted by Crippen LogP contribution is 2.25. The van der Waals surface area contributed by atoms with Gasteiger partial charge in [-0.3, -0.25) is 0 Å². The Morgan fingerprint density at radius 3 is 2.67 bits per heavy atom. The third-order valence-corrected chi connectivity index (χ3v) is 2.94. The molecule has 0 amide bonds. The van der Waals surface area contributed by atoms with Crippen LogP contribution in [0.2, 0.25) is 0 Å². The topological polar surface area (TPSA) is 35.2 Å². The van der Waals surface area contributed by atoms with Gasteiger partial charge in [0.25, 0.3) is 0 Å². The molecule has 3 heteroatoms. The number of methoxy groups -OCH3 is 1. The first-order valence-electron chi connectivity index (χ1n) is 5.77. The third-order valence-electron chi connectivity index (χ3n) is 2.94. The van der Waals surface area contributed by atoms with Crippen molar-refractivity contribution >= 4 is 0 Å². The van der Waals surface area contributed by atoms with Gasteiger partial charge < -0.3 is 10.5 Å². The van der Waals surface area contributed by atoms with E-state index in [9.17, 15) is 4.39 Å². The molecule has 0 aliphatic heterocycles. The van der Waals surface area contributed by atoms with E-state index in [-0.39, 0.29) is 5.82 Å². The summed E-state index contributed by atoms with van der Waals surface area (Å²) >= 11 is 0. The highest BCUT2D eigenvalue weighted by molar-refractivity contribution is 5.38. The van der Waals surface area contributed by atoms with Crippen molar-refractivity contribution in [2.24, 2.45) is 5.73 Å². The van der Waals surface area contributed by atoms with Crippen molar-refractivity contribution in [2.45, 2.75) is 13.0 Å².